The van der Waals surface area contributed by atoms with Gasteiger partial charge in [-0.15, -0.1) is 6.58 Å². The number of rotatable bonds is 9. The molecule has 1 amide bonds. The second-order valence-electron chi connectivity index (χ2n) is 9.43. The van der Waals surface area contributed by atoms with E-state index in [0.29, 0.717) is 11.3 Å². The van der Waals surface area contributed by atoms with Crippen molar-refractivity contribution < 1.29 is 17.6 Å². The topological polar surface area (TPSA) is 72.3 Å². The lowest BCUT2D eigenvalue weighted by atomic mass is 9.95. The van der Waals surface area contributed by atoms with Gasteiger partial charge in [0.15, 0.2) is 0 Å². The van der Waals surface area contributed by atoms with E-state index in [1.807, 2.05) is 35.8 Å². The summed E-state index contributed by atoms with van der Waals surface area (Å²) in [5.74, 6) is -0.984. The molecule has 0 atom stereocenters. The minimum absolute atomic E-state index is 0.00612. The summed E-state index contributed by atoms with van der Waals surface area (Å²) >= 11 is 0. The number of carbonyl (C=O) groups is 1. The number of carbonyl (C=O) groups excluding carboxylic acids is 1. The lowest BCUT2D eigenvalue weighted by Crippen LogP contribution is -2.32. The monoisotopic (exact) mass is 509 g/mol. The van der Waals surface area contributed by atoms with Crippen molar-refractivity contribution in [2.24, 2.45) is 0 Å². The third kappa shape index (κ3) is 5.93. The number of aryl methyl sites for hydroxylation is 1. The third-order valence-electron chi connectivity index (χ3n) is 6.56. The van der Waals surface area contributed by atoms with Crippen molar-refractivity contribution in [2.75, 3.05) is 6.54 Å². The molecule has 0 saturated heterocycles. The molecule has 36 heavy (non-hydrogen) atoms. The van der Waals surface area contributed by atoms with Crippen LogP contribution in [0.2, 0.25) is 0 Å². The lowest BCUT2D eigenvalue weighted by molar-refractivity contribution is 0.0757. The predicted octanol–water partition coefficient (Wildman–Crippen LogP) is 5.64. The molecule has 1 heterocycles. The molecule has 0 bridgehead atoms. The zero-order chi connectivity index (χ0) is 25.7. The van der Waals surface area contributed by atoms with Gasteiger partial charge in [0.2, 0.25) is 15.0 Å². The van der Waals surface area contributed by atoms with E-state index in [0.717, 1.165) is 37.7 Å². The van der Waals surface area contributed by atoms with Gasteiger partial charge in [-0.25, -0.2) is 17.8 Å². The molecule has 6 nitrogen and oxygen atoms in total. The summed E-state index contributed by atoms with van der Waals surface area (Å²) in [5.41, 5.74) is 2.59. The fraction of sp³-hybridized carbons (Fsp3) is 0.357. The van der Waals surface area contributed by atoms with Gasteiger partial charge >= 0.3 is 0 Å². The van der Waals surface area contributed by atoms with Crippen molar-refractivity contribution in [1.29, 1.82) is 0 Å². The molecular weight excluding hydrogens is 477 g/mol. The number of halogens is 1. The highest BCUT2D eigenvalue weighted by atomic mass is 32.2. The Bertz CT molecular complexity index is 1340. The van der Waals surface area contributed by atoms with E-state index >= 15 is 0 Å². The van der Waals surface area contributed by atoms with Crippen LogP contribution in [0.1, 0.15) is 65.3 Å². The van der Waals surface area contributed by atoms with Gasteiger partial charge in [0.1, 0.15) is 5.82 Å². The minimum Gasteiger partial charge on any atom is -0.329 e. The fourth-order valence-corrected chi connectivity index (χ4v) is 6.44. The number of imidazole rings is 1. The maximum absolute atomic E-state index is 13.8. The SMILES string of the molecule is C=CCN(Cc1cnc(S(=O)(=O)Cc2cccc(C)c2)n1C1CCCCC1)C(=O)c1cccc(F)c1. The Morgan fingerprint density at radius 2 is 1.92 bits per heavy atom. The van der Waals surface area contributed by atoms with Crippen LogP contribution in [0.5, 0.6) is 0 Å². The van der Waals surface area contributed by atoms with Crippen molar-refractivity contribution in [2.45, 2.75) is 62.5 Å². The van der Waals surface area contributed by atoms with Crippen LogP contribution in [0.4, 0.5) is 4.39 Å². The first-order chi connectivity index (χ1) is 17.3. The molecule has 190 valence electrons. The molecule has 3 aromatic rings. The van der Waals surface area contributed by atoms with Crippen LogP contribution in [0, 0.1) is 12.7 Å². The van der Waals surface area contributed by atoms with Gasteiger partial charge < -0.3 is 9.47 Å². The summed E-state index contributed by atoms with van der Waals surface area (Å²) in [6.07, 6.45) is 8.02. The van der Waals surface area contributed by atoms with Crippen molar-refractivity contribution in [3.63, 3.8) is 0 Å². The number of benzene rings is 2. The highest BCUT2D eigenvalue weighted by molar-refractivity contribution is 7.90. The highest BCUT2D eigenvalue weighted by Crippen LogP contribution is 2.33. The zero-order valence-electron chi connectivity index (χ0n) is 20.6. The molecule has 4 rings (SSSR count). The van der Waals surface area contributed by atoms with E-state index in [1.165, 1.54) is 23.1 Å². The molecule has 0 spiro atoms. The first-order valence-electron chi connectivity index (χ1n) is 12.3. The Morgan fingerprint density at radius 3 is 2.61 bits per heavy atom. The molecule has 1 aliphatic carbocycles. The molecule has 1 fully saturated rings. The van der Waals surface area contributed by atoms with E-state index in [9.17, 15) is 17.6 Å². The van der Waals surface area contributed by atoms with E-state index in [1.54, 1.807) is 18.3 Å². The Hall–Kier alpha value is -3.26. The largest absolute Gasteiger partial charge is 0.329 e. The Balaban J connectivity index is 1.70. The fourth-order valence-electron chi connectivity index (χ4n) is 4.91. The van der Waals surface area contributed by atoms with Gasteiger partial charge in [0.05, 0.1) is 24.2 Å². The Labute approximate surface area is 212 Å². The van der Waals surface area contributed by atoms with E-state index in [-0.39, 0.29) is 41.5 Å². The van der Waals surface area contributed by atoms with Crippen LogP contribution in [0.15, 0.2) is 72.5 Å². The van der Waals surface area contributed by atoms with Crippen LogP contribution >= 0.6 is 0 Å². The van der Waals surface area contributed by atoms with Crippen molar-refractivity contribution in [1.82, 2.24) is 14.5 Å². The molecule has 0 aliphatic heterocycles. The molecular formula is C28H32FN3O3S. The van der Waals surface area contributed by atoms with Crippen LogP contribution in [-0.2, 0) is 22.1 Å². The van der Waals surface area contributed by atoms with Gasteiger partial charge in [0, 0.05) is 18.2 Å². The van der Waals surface area contributed by atoms with Crippen LogP contribution < -0.4 is 0 Å². The summed E-state index contributed by atoms with van der Waals surface area (Å²) in [5, 5.41) is 0.0441. The summed E-state index contributed by atoms with van der Waals surface area (Å²) in [6.45, 7) is 6.07. The molecule has 2 aromatic carbocycles. The lowest BCUT2D eigenvalue weighted by Gasteiger charge is -2.28. The number of sulfone groups is 1. The second kappa shape index (κ2) is 11.2. The van der Waals surface area contributed by atoms with Crippen LogP contribution in [0.3, 0.4) is 0 Å². The average molecular weight is 510 g/mol. The van der Waals surface area contributed by atoms with Crippen molar-refractivity contribution in [3.05, 3.63) is 95.6 Å². The Morgan fingerprint density at radius 1 is 1.17 bits per heavy atom. The number of hydrogen-bond acceptors (Lipinski definition) is 4. The first-order valence-corrected chi connectivity index (χ1v) is 13.9. The number of amides is 1. The van der Waals surface area contributed by atoms with Crippen LogP contribution in [0.25, 0.3) is 0 Å². The van der Waals surface area contributed by atoms with Crippen molar-refractivity contribution >= 4 is 15.7 Å². The number of aromatic nitrogens is 2. The smallest absolute Gasteiger partial charge is 0.254 e. The van der Waals surface area contributed by atoms with E-state index < -0.39 is 15.7 Å². The van der Waals surface area contributed by atoms with Gasteiger partial charge in [0.25, 0.3) is 5.91 Å². The molecule has 0 N–H and O–H groups in total. The summed E-state index contributed by atoms with van der Waals surface area (Å²) in [6, 6.07) is 13.0. The quantitative estimate of drug-likeness (QED) is 0.350. The summed E-state index contributed by atoms with van der Waals surface area (Å²) in [7, 11) is -3.74. The molecule has 8 heteroatoms. The summed E-state index contributed by atoms with van der Waals surface area (Å²) < 4.78 is 42.8. The maximum Gasteiger partial charge on any atom is 0.254 e. The maximum atomic E-state index is 13.8. The number of nitrogens with zero attached hydrogens (tertiary/aromatic N) is 3. The van der Waals surface area contributed by atoms with Gasteiger partial charge in [-0.05, 0) is 43.5 Å². The second-order valence-corrected chi connectivity index (χ2v) is 11.3. The minimum atomic E-state index is -3.74. The Kier molecular flexibility index (Phi) is 8.04. The third-order valence-corrected chi connectivity index (χ3v) is 8.13. The number of hydrogen-bond donors (Lipinski definition) is 0. The predicted molar refractivity (Wildman–Crippen MR) is 138 cm³/mol. The molecule has 1 aliphatic rings. The average Bonchev–Trinajstić information content (AvgIpc) is 3.28. The first kappa shape index (κ1) is 25.8. The summed E-state index contributed by atoms with van der Waals surface area (Å²) in [4.78, 5) is 19.1. The van der Waals surface area contributed by atoms with E-state index in [4.69, 9.17) is 0 Å². The van der Waals surface area contributed by atoms with Crippen molar-refractivity contribution in [3.8, 4) is 0 Å². The van der Waals surface area contributed by atoms with Gasteiger partial charge in [-0.2, -0.15) is 0 Å². The molecule has 1 saturated carbocycles. The van der Waals surface area contributed by atoms with Gasteiger partial charge in [-0.3, -0.25) is 4.79 Å². The normalized spacial score (nSPS) is 14.5. The standard InChI is InChI=1S/C28H32FN3O3S/c1-3-15-31(27(33)23-11-8-12-24(29)17-23)19-26-18-30-28(32(26)25-13-5-4-6-14-25)36(34,35)20-22-10-7-9-21(2)16-22/h3,7-12,16-18,25H,1,4-6,13-15,19-20H2,2H3. The molecule has 0 radical (unpaired) electrons. The van der Waals surface area contributed by atoms with Crippen LogP contribution in [-0.4, -0.2) is 35.3 Å². The highest BCUT2D eigenvalue weighted by Gasteiger charge is 2.30. The molecule has 1 aromatic heterocycles. The van der Waals surface area contributed by atoms with E-state index in [2.05, 4.69) is 11.6 Å². The van der Waals surface area contributed by atoms with Gasteiger partial charge in [-0.1, -0.05) is 61.2 Å². The zero-order valence-corrected chi connectivity index (χ0v) is 21.4. The molecule has 0 unspecified atom stereocenters.